The molecule has 6 nitrogen and oxygen atoms in total. The number of aromatic nitrogens is 4. The van der Waals surface area contributed by atoms with Gasteiger partial charge in [0.1, 0.15) is 11.7 Å². The van der Waals surface area contributed by atoms with Crippen LogP contribution in [0.25, 0.3) is 11.5 Å². The van der Waals surface area contributed by atoms with Gasteiger partial charge in [0, 0.05) is 34.2 Å². The van der Waals surface area contributed by atoms with Crippen molar-refractivity contribution in [2.75, 3.05) is 4.90 Å². The highest BCUT2D eigenvalue weighted by Gasteiger charge is 2.45. The summed E-state index contributed by atoms with van der Waals surface area (Å²) in [6.45, 7) is 6.10. The molecule has 0 saturated carbocycles. The molecule has 0 N–H and O–H groups in total. The number of hydrogen-bond donors (Lipinski definition) is 0. The van der Waals surface area contributed by atoms with Crippen molar-refractivity contribution in [2.45, 2.75) is 32.9 Å². The van der Waals surface area contributed by atoms with Gasteiger partial charge in [0.25, 0.3) is 5.91 Å². The summed E-state index contributed by atoms with van der Waals surface area (Å²) >= 11 is 12.5. The molecular weight excluding hydrogens is 457 g/mol. The molecule has 8 heteroatoms. The average Bonchev–Trinajstić information content (AvgIpc) is 3.32. The van der Waals surface area contributed by atoms with Crippen LogP contribution in [0.4, 0.5) is 5.69 Å². The molecule has 0 spiro atoms. The maximum atomic E-state index is 13.9. The molecule has 1 unspecified atom stereocenters. The Labute approximate surface area is 201 Å². The second-order valence-corrected chi connectivity index (χ2v) is 9.16. The normalized spacial score (nSPS) is 15.4. The van der Waals surface area contributed by atoms with Crippen molar-refractivity contribution in [3.63, 3.8) is 0 Å². The fourth-order valence-corrected chi connectivity index (χ4v) is 4.67. The minimum absolute atomic E-state index is 0.0289. The lowest BCUT2D eigenvalue weighted by Gasteiger charge is -2.29. The van der Waals surface area contributed by atoms with E-state index in [-0.39, 0.29) is 11.9 Å². The number of benzene rings is 2. The molecule has 3 heterocycles. The third-order valence-electron chi connectivity index (χ3n) is 5.81. The van der Waals surface area contributed by atoms with E-state index in [1.54, 1.807) is 23.5 Å². The SMILES string of the molecule is Cc1ccc(Cl)cc1N1C(=O)c2nc(-c3cnccn3)n(C(C)C)c2C1c1ccc(Cl)cc1. The van der Waals surface area contributed by atoms with E-state index in [1.807, 2.05) is 49.4 Å². The van der Waals surface area contributed by atoms with Crippen LogP contribution < -0.4 is 4.90 Å². The fraction of sp³-hybridized carbons (Fsp3) is 0.200. The highest BCUT2D eigenvalue weighted by atomic mass is 35.5. The summed E-state index contributed by atoms with van der Waals surface area (Å²) in [5.74, 6) is 0.442. The van der Waals surface area contributed by atoms with Gasteiger partial charge in [-0.15, -0.1) is 0 Å². The molecule has 0 radical (unpaired) electrons. The molecule has 1 amide bonds. The minimum Gasteiger partial charge on any atom is -0.321 e. The number of carbonyl (C=O) groups is 1. The van der Waals surface area contributed by atoms with Gasteiger partial charge in [0.2, 0.25) is 0 Å². The van der Waals surface area contributed by atoms with Crippen LogP contribution in [-0.2, 0) is 0 Å². The monoisotopic (exact) mass is 477 g/mol. The van der Waals surface area contributed by atoms with E-state index in [1.165, 1.54) is 0 Å². The standard InChI is InChI=1S/C25H21Cl2N5O/c1-14(2)31-23-21(30-24(31)19-13-28-10-11-29-19)25(33)32(20-12-18(27)7-4-15(20)3)22(23)16-5-8-17(26)9-6-16/h4-14,22H,1-3H3. The maximum Gasteiger partial charge on any atom is 0.279 e. The summed E-state index contributed by atoms with van der Waals surface area (Å²) in [5, 5.41) is 1.20. The second kappa shape index (κ2) is 8.28. The zero-order valence-electron chi connectivity index (χ0n) is 18.3. The van der Waals surface area contributed by atoms with E-state index < -0.39 is 6.04 Å². The van der Waals surface area contributed by atoms with Crippen molar-refractivity contribution in [1.29, 1.82) is 0 Å². The topological polar surface area (TPSA) is 63.9 Å². The third-order valence-corrected chi connectivity index (χ3v) is 6.30. The van der Waals surface area contributed by atoms with Gasteiger partial charge in [-0.2, -0.15) is 0 Å². The summed E-state index contributed by atoms with van der Waals surface area (Å²) in [6.07, 6.45) is 4.90. The molecule has 33 heavy (non-hydrogen) atoms. The van der Waals surface area contributed by atoms with Crippen molar-refractivity contribution in [3.8, 4) is 11.5 Å². The molecule has 166 valence electrons. The number of carbonyl (C=O) groups excluding carboxylic acids is 1. The first-order valence-corrected chi connectivity index (χ1v) is 11.4. The molecule has 1 aliphatic heterocycles. The Morgan fingerprint density at radius 3 is 2.39 bits per heavy atom. The Morgan fingerprint density at radius 2 is 1.73 bits per heavy atom. The summed E-state index contributed by atoms with van der Waals surface area (Å²) in [4.78, 5) is 29.1. The predicted octanol–water partition coefficient (Wildman–Crippen LogP) is 6.29. The van der Waals surface area contributed by atoms with Crippen LogP contribution in [0.2, 0.25) is 10.0 Å². The van der Waals surface area contributed by atoms with Crippen molar-refractivity contribution in [2.24, 2.45) is 0 Å². The summed E-state index contributed by atoms with van der Waals surface area (Å²) in [6, 6.07) is 12.8. The van der Waals surface area contributed by atoms with Crippen LogP contribution in [0.3, 0.4) is 0 Å². The molecule has 0 aliphatic carbocycles. The quantitative estimate of drug-likeness (QED) is 0.346. The van der Waals surface area contributed by atoms with Gasteiger partial charge >= 0.3 is 0 Å². The van der Waals surface area contributed by atoms with Crippen LogP contribution in [0.5, 0.6) is 0 Å². The number of aryl methyl sites for hydroxylation is 1. The van der Waals surface area contributed by atoms with Gasteiger partial charge in [0.05, 0.1) is 11.9 Å². The average molecular weight is 478 g/mol. The summed E-state index contributed by atoms with van der Waals surface area (Å²) < 4.78 is 2.08. The highest BCUT2D eigenvalue weighted by Crippen LogP contribution is 2.45. The van der Waals surface area contributed by atoms with Crippen molar-refractivity contribution in [3.05, 3.63) is 93.6 Å². The number of imidazole rings is 1. The van der Waals surface area contributed by atoms with E-state index in [9.17, 15) is 4.79 Å². The zero-order chi connectivity index (χ0) is 23.3. The van der Waals surface area contributed by atoms with Gasteiger partial charge in [-0.05, 0) is 56.2 Å². The Hall–Kier alpha value is -3.22. The van der Waals surface area contributed by atoms with Gasteiger partial charge in [0.15, 0.2) is 11.5 Å². The number of hydrogen-bond acceptors (Lipinski definition) is 4. The third kappa shape index (κ3) is 3.59. The Kier molecular flexibility index (Phi) is 5.43. The molecule has 0 fully saturated rings. The first kappa shape index (κ1) is 21.6. The number of rotatable bonds is 4. The predicted molar refractivity (Wildman–Crippen MR) is 130 cm³/mol. The first-order chi connectivity index (χ1) is 15.9. The van der Waals surface area contributed by atoms with E-state index in [2.05, 4.69) is 28.4 Å². The van der Waals surface area contributed by atoms with Gasteiger partial charge in [-0.25, -0.2) is 9.97 Å². The van der Waals surface area contributed by atoms with Crippen molar-refractivity contribution >= 4 is 34.8 Å². The number of fused-ring (bicyclic) bond motifs is 1. The summed E-state index contributed by atoms with van der Waals surface area (Å²) in [5.41, 5.74) is 4.47. The molecule has 1 atom stereocenters. The minimum atomic E-state index is -0.401. The second-order valence-electron chi connectivity index (χ2n) is 8.28. The summed E-state index contributed by atoms with van der Waals surface area (Å²) in [7, 11) is 0. The molecule has 0 saturated heterocycles. The van der Waals surface area contributed by atoms with Gasteiger partial charge in [-0.1, -0.05) is 41.4 Å². The lowest BCUT2D eigenvalue weighted by Crippen LogP contribution is -2.31. The lowest BCUT2D eigenvalue weighted by molar-refractivity contribution is 0.0989. The molecule has 4 aromatic rings. The molecule has 2 aromatic heterocycles. The van der Waals surface area contributed by atoms with Crippen LogP contribution in [0.1, 0.15) is 53.2 Å². The van der Waals surface area contributed by atoms with Crippen LogP contribution in [-0.4, -0.2) is 25.4 Å². The molecule has 2 aromatic carbocycles. The highest BCUT2D eigenvalue weighted by molar-refractivity contribution is 6.31. The Balaban J connectivity index is 1.79. The van der Waals surface area contributed by atoms with Crippen molar-refractivity contribution in [1.82, 2.24) is 19.5 Å². The zero-order valence-corrected chi connectivity index (χ0v) is 19.8. The van der Waals surface area contributed by atoms with E-state index in [0.717, 1.165) is 22.5 Å². The number of halogens is 2. The van der Waals surface area contributed by atoms with E-state index >= 15 is 0 Å². The Bertz CT molecular complexity index is 1350. The smallest absolute Gasteiger partial charge is 0.279 e. The fourth-order valence-electron chi connectivity index (χ4n) is 4.38. The van der Waals surface area contributed by atoms with E-state index in [4.69, 9.17) is 28.2 Å². The molecule has 1 aliphatic rings. The molecule has 5 rings (SSSR count). The first-order valence-electron chi connectivity index (χ1n) is 10.6. The van der Waals surface area contributed by atoms with Crippen LogP contribution >= 0.6 is 23.2 Å². The maximum absolute atomic E-state index is 13.9. The molecule has 0 bridgehead atoms. The van der Waals surface area contributed by atoms with Gasteiger partial charge < -0.3 is 4.57 Å². The lowest BCUT2D eigenvalue weighted by atomic mass is 10.0. The number of amides is 1. The van der Waals surface area contributed by atoms with Crippen LogP contribution in [0, 0.1) is 6.92 Å². The Morgan fingerprint density at radius 1 is 1.00 bits per heavy atom. The number of nitrogens with zero attached hydrogens (tertiary/aromatic N) is 5. The number of anilines is 1. The van der Waals surface area contributed by atoms with Gasteiger partial charge in [-0.3, -0.25) is 14.7 Å². The van der Waals surface area contributed by atoms with Crippen molar-refractivity contribution < 1.29 is 4.79 Å². The molecular formula is C25H21Cl2N5O. The largest absolute Gasteiger partial charge is 0.321 e. The van der Waals surface area contributed by atoms with Crippen LogP contribution in [0.15, 0.2) is 61.1 Å². The van der Waals surface area contributed by atoms with E-state index in [0.29, 0.717) is 27.3 Å².